The number of sulfone groups is 1. The van der Waals surface area contributed by atoms with Gasteiger partial charge in [-0.2, -0.15) is 4.98 Å². The highest BCUT2D eigenvalue weighted by Crippen LogP contribution is 2.37. The number of anilines is 1. The molecular formula is C16H14N2O5S2. The van der Waals surface area contributed by atoms with Crippen molar-refractivity contribution >= 4 is 27.1 Å². The summed E-state index contributed by atoms with van der Waals surface area (Å²) < 4.78 is 42.5. The number of hydrogen-bond donors (Lipinski definition) is 1. The van der Waals surface area contributed by atoms with Gasteiger partial charge in [0.1, 0.15) is 13.2 Å². The van der Waals surface area contributed by atoms with Crippen LogP contribution in [0.5, 0.6) is 11.5 Å². The fourth-order valence-electron chi connectivity index (χ4n) is 2.45. The monoisotopic (exact) mass is 378 g/mol. The molecule has 0 saturated carbocycles. The standard InChI is InChI=1S/C16H14N2O5S2/c1-17-15-16(18-14(23-15)13-3-2-8-24-13)25(19,20)10-4-5-11-12(9-10)22-7-6-21-11/h2-5,8-9,17H,6-7H2,1H3. The summed E-state index contributed by atoms with van der Waals surface area (Å²) in [7, 11) is -2.30. The fourth-order valence-corrected chi connectivity index (χ4v) is 4.43. The van der Waals surface area contributed by atoms with Gasteiger partial charge in [-0.15, -0.1) is 11.3 Å². The van der Waals surface area contributed by atoms with Crippen LogP contribution < -0.4 is 14.8 Å². The van der Waals surface area contributed by atoms with E-state index in [1.54, 1.807) is 13.1 Å². The van der Waals surface area contributed by atoms with Crippen molar-refractivity contribution in [1.82, 2.24) is 4.98 Å². The van der Waals surface area contributed by atoms with Crippen molar-refractivity contribution in [2.45, 2.75) is 9.92 Å². The van der Waals surface area contributed by atoms with E-state index in [1.165, 1.54) is 23.5 Å². The lowest BCUT2D eigenvalue weighted by atomic mass is 10.3. The zero-order chi connectivity index (χ0) is 17.4. The number of benzene rings is 1. The third kappa shape index (κ3) is 2.75. The zero-order valence-corrected chi connectivity index (χ0v) is 14.8. The van der Waals surface area contributed by atoms with Gasteiger partial charge in [-0.3, -0.25) is 0 Å². The highest BCUT2D eigenvalue weighted by molar-refractivity contribution is 7.91. The summed E-state index contributed by atoms with van der Waals surface area (Å²) in [4.78, 5) is 5.02. The average molecular weight is 378 g/mol. The lowest BCUT2D eigenvalue weighted by Crippen LogP contribution is -2.16. The lowest BCUT2D eigenvalue weighted by Gasteiger charge is -2.18. The van der Waals surface area contributed by atoms with Crippen LogP contribution in [0.3, 0.4) is 0 Å². The molecular weight excluding hydrogens is 364 g/mol. The van der Waals surface area contributed by atoms with Gasteiger partial charge in [0.25, 0.3) is 0 Å². The van der Waals surface area contributed by atoms with Gasteiger partial charge in [-0.25, -0.2) is 8.42 Å². The van der Waals surface area contributed by atoms with Gasteiger partial charge in [0, 0.05) is 13.1 Å². The molecule has 130 valence electrons. The molecule has 0 unspecified atom stereocenters. The third-order valence-electron chi connectivity index (χ3n) is 3.63. The fraction of sp³-hybridized carbons (Fsp3) is 0.188. The van der Waals surface area contributed by atoms with Crippen molar-refractivity contribution in [3.63, 3.8) is 0 Å². The first-order valence-corrected chi connectivity index (χ1v) is 9.83. The maximum atomic E-state index is 13.0. The topological polar surface area (TPSA) is 90.7 Å². The van der Waals surface area contributed by atoms with Gasteiger partial charge in [-0.05, 0) is 23.6 Å². The summed E-state index contributed by atoms with van der Waals surface area (Å²) in [6, 6.07) is 8.17. The first-order valence-electron chi connectivity index (χ1n) is 7.47. The van der Waals surface area contributed by atoms with Crippen LogP contribution in [-0.2, 0) is 9.84 Å². The second-order valence-electron chi connectivity index (χ2n) is 5.19. The van der Waals surface area contributed by atoms with E-state index in [1.807, 2.05) is 17.5 Å². The molecule has 7 nitrogen and oxygen atoms in total. The van der Waals surface area contributed by atoms with Crippen molar-refractivity contribution in [2.24, 2.45) is 0 Å². The molecule has 0 spiro atoms. The second kappa shape index (κ2) is 6.08. The number of oxazole rings is 1. The van der Waals surface area contributed by atoms with E-state index in [2.05, 4.69) is 10.3 Å². The van der Waals surface area contributed by atoms with E-state index in [0.29, 0.717) is 24.7 Å². The average Bonchev–Trinajstić information content (AvgIpc) is 3.30. The van der Waals surface area contributed by atoms with Crippen molar-refractivity contribution in [1.29, 1.82) is 0 Å². The number of hydrogen-bond acceptors (Lipinski definition) is 8. The first kappa shape index (κ1) is 16.0. The summed E-state index contributed by atoms with van der Waals surface area (Å²) in [5.74, 6) is 1.28. The molecule has 3 heterocycles. The molecule has 1 N–H and O–H groups in total. The molecule has 0 aliphatic carbocycles. The molecule has 1 aromatic carbocycles. The number of nitrogens with one attached hydrogen (secondary N) is 1. The van der Waals surface area contributed by atoms with Crippen molar-refractivity contribution in [3.8, 4) is 22.3 Å². The second-order valence-corrected chi connectivity index (χ2v) is 8.00. The molecule has 9 heteroatoms. The van der Waals surface area contributed by atoms with E-state index < -0.39 is 9.84 Å². The van der Waals surface area contributed by atoms with E-state index in [9.17, 15) is 8.42 Å². The normalized spacial score (nSPS) is 13.6. The molecule has 3 aromatic rings. The quantitative estimate of drug-likeness (QED) is 0.746. The number of fused-ring (bicyclic) bond motifs is 1. The lowest BCUT2D eigenvalue weighted by molar-refractivity contribution is 0.171. The first-order chi connectivity index (χ1) is 12.1. The minimum atomic E-state index is -3.88. The van der Waals surface area contributed by atoms with E-state index >= 15 is 0 Å². The van der Waals surface area contributed by atoms with Crippen LogP contribution in [0.2, 0.25) is 0 Å². The summed E-state index contributed by atoms with van der Waals surface area (Å²) in [5, 5.41) is 4.47. The largest absolute Gasteiger partial charge is 0.486 e. The third-order valence-corrected chi connectivity index (χ3v) is 6.15. The Hall–Kier alpha value is -2.52. The maximum absolute atomic E-state index is 13.0. The van der Waals surface area contributed by atoms with E-state index in [-0.39, 0.29) is 21.7 Å². The van der Waals surface area contributed by atoms with Crippen LogP contribution in [0.1, 0.15) is 0 Å². The molecule has 1 aliphatic rings. The van der Waals surface area contributed by atoms with Gasteiger partial charge in [0.2, 0.25) is 26.6 Å². The smallest absolute Gasteiger partial charge is 0.240 e. The molecule has 25 heavy (non-hydrogen) atoms. The van der Waals surface area contributed by atoms with Crippen LogP contribution >= 0.6 is 11.3 Å². The summed E-state index contributed by atoms with van der Waals surface area (Å²) >= 11 is 1.42. The van der Waals surface area contributed by atoms with Crippen molar-refractivity contribution in [3.05, 3.63) is 35.7 Å². The summed E-state index contributed by atoms with van der Waals surface area (Å²) in [6.07, 6.45) is 0. The molecule has 1 aliphatic heterocycles. The van der Waals surface area contributed by atoms with Crippen LogP contribution in [0.15, 0.2) is 50.1 Å². The van der Waals surface area contributed by atoms with E-state index in [0.717, 1.165) is 4.88 Å². The van der Waals surface area contributed by atoms with Gasteiger partial charge >= 0.3 is 0 Å². The van der Waals surface area contributed by atoms with Crippen molar-refractivity contribution < 1.29 is 22.3 Å². The Morgan fingerprint density at radius 3 is 2.68 bits per heavy atom. The minimum Gasteiger partial charge on any atom is -0.486 e. The van der Waals surface area contributed by atoms with Gasteiger partial charge in [0.15, 0.2) is 11.5 Å². The van der Waals surface area contributed by atoms with Crippen LogP contribution in [0, 0.1) is 0 Å². The Labute approximate surface area is 148 Å². The van der Waals surface area contributed by atoms with Gasteiger partial charge in [0.05, 0.1) is 9.77 Å². The number of ether oxygens (including phenoxy) is 2. The highest BCUT2D eigenvalue weighted by Gasteiger charge is 2.29. The minimum absolute atomic E-state index is 0.0688. The maximum Gasteiger partial charge on any atom is 0.240 e. The Morgan fingerprint density at radius 2 is 1.96 bits per heavy atom. The molecule has 0 radical (unpaired) electrons. The Balaban J connectivity index is 1.80. The molecule has 2 aromatic heterocycles. The zero-order valence-electron chi connectivity index (χ0n) is 13.2. The number of thiophene rings is 1. The van der Waals surface area contributed by atoms with Crippen LogP contribution in [0.4, 0.5) is 5.88 Å². The number of nitrogens with zero attached hydrogens (tertiary/aromatic N) is 1. The molecule has 0 atom stereocenters. The Bertz CT molecular complexity index is 1010. The van der Waals surface area contributed by atoms with Crippen LogP contribution in [0.25, 0.3) is 10.8 Å². The Morgan fingerprint density at radius 1 is 1.16 bits per heavy atom. The predicted molar refractivity (Wildman–Crippen MR) is 92.2 cm³/mol. The van der Waals surface area contributed by atoms with Crippen LogP contribution in [-0.4, -0.2) is 33.7 Å². The Kier molecular flexibility index (Phi) is 3.89. The van der Waals surface area contributed by atoms with E-state index in [4.69, 9.17) is 13.9 Å². The molecule has 4 rings (SSSR count). The van der Waals surface area contributed by atoms with Gasteiger partial charge in [-0.1, -0.05) is 6.07 Å². The molecule has 0 amide bonds. The predicted octanol–water partition coefficient (Wildman–Crippen LogP) is 3.05. The highest BCUT2D eigenvalue weighted by atomic mass is 32.2. The summed E-state index contributed by atoms with van der Waals surface area (Å²) in [6.45, 7) is 0.821. The number of aromatic nitrogens is 1. The van der Waals surface area contributed by atoms with Crippen molar-refractivity contribution in [2.75, 3.05) is 25.6 Å². The van der Waals surface area contributed by atoms with Gasteiger partial charge < -0.3 is 19.2 Å². The summed E-state index contributed by atoms with van der Waals surface area (Å²) in [5.41, 5.74) is 0. The molecule has 0 fully saturated rings. The molecule has 0 bridgehead atoms. The SMILES string of the molecule is CNc1oc(-c2cccs2)nc1S(=O)(=O)c1ccc2c(c1)OCCO2. The number of rotatable bonds is 4. The molecule has 0 saturated heterocycles.